The normalized spacial score (nSPS) is 15.1. The number of ether oxygens (including phenoxy) is 2. The zero-order chi connectivity index (χ0) is 22.9. The number of likely N-dealkylation sites (tertiary alicyclic amines) is 1. The van der Waals surface area contributed by atoms with E-state index in [0.29, 0.717) is 13.0 Å². The monoisotopic (exact) mass is 405 g/mol. The van der Waals surface area contributed by atoms with Crippen LogP contribution in [0.2, 0.25) is 0 Å². The van der Waals surface area contributed by atoms with E-state index in [-0.39, 0.29) is 18.7 Å². The second-order valence-corrected chi connectivity index (χ2v) is 7.59. The molecule has 1 amide bonds. The molecule has 0 bridgehead atoms. The van der Waals surface area contributed by atoms with Gasteiger partial charge in [0, 0.05) is 20.1 Å². The molecule has 1 aliphatic rings. The Labute approximate surface area is 171 Å². The first-order valence-electron chi connectivity index (χ1n) is 10.0. The largest absolute Gasteiger partial charge is 0.467 e. The fraction of sp³-hybridized carbons (Fsp3) is 0.857. The van der Waals surface area contributed by atoms with Crippen LogP contribution in [0.3, 0.4) is 0 Å². The summed E-state index contributed by atoms with van der Waals surface area (Å²) in [5, 5.41) is 7.00. The minimum atomic E-state index is -0.553. The molecule has 1 atom stereocenters. The van der Waals surface area contributed by atoms with E-state index in [2.05, 4.69) is 25.5 Å². The summed E-state index contributed by atoms with van der Waals surface area (Å²) in [6.07, 6.45) is 1.48. The highest BCUT2D eigenvalue weighted by Crippen LogP contribution is 2.20. The Hall–Kier alpha value is -1.63. The molecule has 28 heavy (non-hydrogen) atoms. The molecule has 1 aliphatic heterocycles. The van der Waals surface area contributed by atoms with Gasteiger partial charge in [-0.25, -0.2) is 4.79 Å². The van der Waals surface area contributed by atoms with E-state index in [4.69, 9.17) is 9.84 Å². The van der Waals surface area contributed by atoms with E-state index in [1.165, 1.54) is 12.0 Å². The number of methoxy groups -OCH3 is 1. The molecule has 1 saturated heterocycles. The van der Waals surface area contributed by atoms with Crippen molar-refractivity contribution < 1.29 is 29.0 Å². The van der Waals surface area contributed by atoms with Gasteiger partial charge in [-0.2, -0.15) is 0 Å². The van der Waals surface area contributed by atoms with E-state index >= 15 is 0 Å². The third-order valence-electron chi connectivity index (χ3n) is 3.01. The van der Waals surface area contributed by atoms with Gasteiger partial charge in [-0.1, -0.05) is 34.6 Å². The van der Waals surface area contributed by atoms with Gasteiger partial charge < -0.3 is 19.5 Å². The van der Waals surface area contributed by atoms with Gasteiger partial charge in [0.25, 0.3) is 0 Å². The van der Waals surface area contributed by atoms with Crippen molar-refractivity contribution in [3.63, 3.8) is 0 Å². The first-order chi connectivity index (χ1) is 13.0. The fourth-order valence-corrected chi connectivity index (χ4v) is 2.19. The Morgan fingerprint density at radius 1 is 1.07 bits per heavy atom. The van der Waals surface area contributed by atoms with Gasteiger partial charge in [0.05, 0.1) is 13.5 Å². The third kappa shape index (κ3) is 16.5. The molecule has 1 fully saturated rings. The number of rotatable bonds is 4. The second-order valence-electron chi connectivity index (χ2n) is 7.59. The summed E-state index contributed by atoms with van der Waals surface area (Å²) in [6.45, 7) is 16.4. The Morgan fingerprint density at radius 3 is 1.93 bits per heavy atom. The van der Waals surface area contributed by atoms with Gasteiger partial charge >= 0.3 is 11.9 Å². The molecule has 1 N–H and O–H groups in total. The molecule has 7 nitrogen and oxygen atoms in total. The lowest BCUT2D eigenvalue weighted by atomic mass is 10.2. The van der Waals surface area contributed by atoms with Crippen LogP contribution >= 0.6 is 0 Å². The fourth-order valence-electron chi connectivity index (χ4n) is 2.19. The maximum atomic E-state index is 12.1. The van der Waals surface area contributed by atoms with Crippen LogP contribution in [0.5, 0.6) is 0 Å². The Morgan fingerprint density at radius 2 is 1.54 bits per heavy atom. The average molecular weight is 406 g/mol. The number of hydrogen-bond acceptors (Lipinski definition) is 6. The first kappa shape index (κ1) is 31.1. The van der Waals surface area contributed by atoms with Gasteiger partial charge in [-0.05, 0) is 39.5 Å². The summed E-state index contributed by atoms with van der Waals surface area (Å²) in [5.74, 6) is -0.170. The number of hydrogen-bond donors (Lipinski definition) is 1. The maximum absolute atomic E-state index is 12.1. The highest BCUT2D eigenvalue weighted by molar-refractivity contribution is 5.87. The molecule has 1 heterocycles. The number of aliphatic hydroxyl groups excluding tert-OH is 1. The minimum absolute atomic E-state index is 0.0283. The average Bonchev–Trinajstić information content (AvgIpc) is 3.10. The molecule has 7 heteroatoms. The second kappa shape index (κ2) is 17.5. The predicted molar refractivity (Wildman–Crippen MR) is 112 cm³/mol. The van der Waals surface area contributed by atoms with Gasteiger partial charge in [0.15, 0.2) is 0 Å². The zero-order valence-electron chi connectivity index (χ0n) is 19.6. The van der Waals surface area contributed by atoms with Gasteiger partial charge in [-0.15, -0.1) is 0 Å². The van der Waals surface area contributed by atoms with Crippen molar-refractivity contribution >= 4 is 17.8 Å². The van der Waals surface area contributed by atoms with E-state index in [1.807, 2.05) is 13.8 Å². The number of esters is 2. The third-order valence-corrected chi connectivity index (χ3v) is 3.01. The van der Waals surface area contributed by atoms with E-state index in [0.717, 1.165) is 19.4 Å². The van der Waals surface area contributed by atoms with Gasteiger partial charge in [0.1, 0.15) is 11.6 Å². The maximum Gasteiger partial charge on any atom is 0.328 e. The molecular weight excluding hydrogens is 362 g/mol. The predicted octanol–water partition coefficient (Wildman–Crippen LogP) is 3.57. The molecule has 1 rings (SSSR count). The highest BCUT2D eigenvalue weighted by atomic mass is 16.6. The van der Waals surface area contributed by atoms with Crippen molar-refractivity contribution in [2.45, 2.75) is 92.7 Å². The van der Waals surface area contributed by atoms with Crippen molar-refractivity contribution in [3.05, 3.63) is 0 Å². The number of aliphatic hydroxyl groups is 1. The van der Waals surface area contributed by atoms with Crippen LogP contribution in [0.4, 0.5) is 0 Å². The zero-order valence-corrected chi connectivity index (χ0v) is 19.6. The van der Waals surface area contributed by atoms with Crippen LogP contribution in [0.1, 0.15) is 81.1 Å². The Bertz CT molecular complexity index is 426. The van der Waals surface area contributed by atoms with Crippen molar-refractivity contribution in [2.24, 2.45) is 5.92 Å². The SMILES string of the molecule is CC.CC(C)C.CO.COC(=O)[C@@H]1CCCN1C(=O)CCC(=O)OC(C)(C)C. The Balaban J connectivity index is -0.000000675. The molecular formula is C21H43NO6. The smallest absolute Gasteiger partial charge is 0.328 e. The number of nitrogens with zero attached hydrogens (tertiary/aromatic N) is 1. The molecule has 0 radical (unpaired) electrons. The number of amides is 1. The summed E-state index contributed by atoms with van der Waals surface area (Å²) in [4.78, 5) is 36.7. The van der Waals surface area contributed by atoms with E-state index in [9.17, 15) is 14.4 Å². The minimum Gasteiger partial charge on any atom is -0.467 e. The van der Waals surface area contributed by atoms with E-state index in [1.54, 1.807) is 20.8 Å². The topological polar surface area (TPSA) is 93.1 Å². The van der Waals surface area contributed by atoms with Crippen molar-refractivity contribution in [3.8, 4) is 0 Å². The lowest BCUT2D eigenvalue weighted by Gasteiger charge is -2.23. The van der Waals surface area contributed by atoms with Crippen molar-refractivity contribution in [1.82, 2.24) is 4.90 Å². The van der Waals surface area contributed by atoms with Crippen molar-refractivity contribution in [2.75, 3.05) is 20.8 Å². The standard InChI is InChI=1S/C14H23NO5.C4H10.C2H6.CH4O/c1-14(2,3)20-12(17)8-7-11(16)15-9-5-6-10(15)13(18)19-4;1-4(2)3;2*1-2/h10H,5-9H2,1-4H3;4H,1-3H3;1-2H3;2H,1H3/t10-;;;/m0.../s1. The van der Waals surface area contributed by atoms with Crippen LogP contribution in [0.15, 0.2) is 0 Å². The molecule has 0 unspecified atom stereocenters. The lowest BCUT2D eigenvalue weighted by Crippen LogP contribution is -2.41. The summed E-state index contributed by atoms with van der Waals surface area (Å²) in [7, 11) is 2.31. The van der Waals surface area contributed by atoms with Gasteiger partial charge in [-0.3, -0.25) is 9.59 Å². The molecule has 0 aromatic rings. The molecule has 0 aromatic carbocycles. The van der Waals surface area contributed by atoms with Crippen LogP contribution in [-0.4, -0.2) is 60.3 Å². The number of carbonyl (C=O) groups is 3. The number of carbonyl (C=O) groups excluding carboxylic acids is 3. The summed E-state index contributed by atoms with van der Waals surface area (Å²) in [5.41, 5.74) is -0.553. The summed E-state index contributed by atoms with van der Waals surface area (Å²) < 4.78 is 9.83. The molecule has 0 aliphatic carbocycles. The quantitative estimate of drug-likeness (QED) is 0.719. The molecule has 0 spiro atoms. The van der Waals surface area contributed by atoms with Crippen LogP contribution in [0.25, 0.3) is 0 Å². The lowest BCUT2D eigenvalue weighted by molar-refractivity contribution is -0.157. The summed E-state index contributed by atoms with van der Waals surface area (Å²) >= 11 is 0. The Kier molecular flexibility index (Phi) is 19.4. The molecule has 0 aromatic heterocycles. The van der Waals surface area contributed by atoms with Crippen LogP contribution in [-0.2, 0) is 23.9 Å². The van der Waals surface area contributed by atoms with Gasteiger partial charge in [0.2, 0.25) is 5.91 Å². The highest BCUT2D eigenvalue weighted by Gasteiger charge is 2.34. The molecule has 168 valence electrons. The molecule has 0 saturated carbocycles. The first-order valence-corrected chi connectivity index (χ1v) is 10.0. The summed E-state index contributed by atoms with van der Waals surface area (Å²) in [6, 6.07) is -0.508. The van der Waals surface area contributed by atoms with Crippen LogP contribution < -0.4 is 0 Å². The van der Waals surface area contributed by atoms with Crippen molar-refractivity contribution in [1.29, 1.82) is 0 Å². The van der Waals surface area contributed by atoms with E-state index < -0.39 is 23.6 Å². The van der Waals surface area contributed by atoms with Crippen LogP contribution in [0, 0.1) is 5.92 Å².